The fourth-order valence-corrected chi connectivity index (χ4v) is 4.22. The first-order chi connectivity index (χ1) is 17.3. The Labute approximate surface area is 211 Å². The largest absolute Gasteiger partial charge is 0.464 e. The van der Waals surface area contributed by atoms with Crippen molar-refractivity contribution in [3.63, 3.8) is 0 Å². The van der Waals surface area contributed by atoms with Gasteiger partial charge in [0.1, 0.15) is 11.5 Å². The SMILES string of the molecule is COC(=O)c1c(C)c(C(=O)[C@@H](C)N(Cc2ccc(F)cc2)C(=O)c2ccc(C(F)(F)F)cc2)c(C)n1C. The van der Waals surface area contributed by atoms with Gasteiger partial charge in [-0.15, -0.1) is 0 Å². The Bertz CT molecular complexity index is 1330. The minimum absolute atomic E-state index is 0.0495. The van der Waals surface area contributed by atoms with Gasteiger partial charge in [0.25, 0.3) is 5.91 Å². The molecule has 1 heterocycles. The third kappa shape index (κ3) is 5.58. The Morgan fingerprint density at radius 3 is 2.08 bits per heavy atom. The molecule has 3 rings (SSSR count). The van der Waals surface area contributed by atoms with Crippen molar-refractivity contribution in [3.05, 3.63) is 93.6 Å². The number of carbonyl (C=O) groups excluding carboxylic acids is 3. The van der Waals surface area contributed by atoms with E-state index in [-0.39, 0.29) is 23.4 Å². The molecule has 0 N–H and O–H groups in total. The van der Waals surface area contributed by atoms with Gasteiger partial charge in [-0.1, -0.05) is 12.1 Å². The molecule has 1 atom stereocenters. The Balaban J connectivity index is 2.04. The number of benzene rings is 2. The van der Waals surface area contributed by atoms with Crippen LogP contribution >= 0.6 is 0 Å². The molecule has 1 amide bonds. The maximum Gasteiger partial charge on any atom is 0.416 e. The van der Waals surface area contributed by atoms with E-state index in [9.17, 15) is 31.9 Å². The number of carbonyl (C=O) groups is 3. The summed E-state index contributed by atoms with van der Waals surface area (Å²) >= 11 is 0. The Kier molecular flexibility index (Phi) is 7.90. The predicted molar refractivity (Wildman–Crippen MR) is 128 cm³/mol. The van der Waals surface area contributed by atoms with Crippen LogP contribution in [0.1, 0.15) is 60.5 Å². The van der Waals surface area contributed by atoms with Crippen molar-refractivity contribution in [2.75, 3.05) is 7.11 Å². The number of alkyl halides is 3. The van der Waals surface area contributed by atoms with Gasteiger partial charge in [-0.05, 0) is 68.3 Å². The van der Waals surface area contributed by atoms with Crippen LogP contribution in [0.5, 0.6) is 0 Å². The highest BCUT2D eigenvalue weighted by molar-refractivity contribution is 6.07. The van der Waals surface area contributed by atoms with Crippen LogP contribution in [-0.4, -0.2) is 40.3 Å². The summed E-state index contributed by atoms with van der Waals surface area (Å²) in [5.74, 6) is -2.26. The highest BCUT2D eigenvalue weighted by atomic mass is 19.4. The predicted octanol–water partition coefficient (Wildman–Crippen LogP) is 5.50. The number of nitrogens with zero attached hydrogens (tertiary/aromatic N) is 2. The van der Waals surface area contributed by atoms with E-state index < -0.39 is 41.3 Å². The van der Waals surface area contributed by atoms with Crippen LogP contribution in [0.2, 0.25) is 0 Å². The maximum absolute atomic E-state index is 13.7. The summed E-state index contributed by atoms with van der Waals surface area (Å²) in [7, 11) is 2.83. The van der Waals surface area contributed by atoms with Gasteiger partial charge in [0.2, 0.25) is 0 Å². The van der Waals surface area contributed by atoms with Crippen molar-refractivity contribution >= 4 is 17.7 Å². The standard InChI is InChI=1S/C27H26F4N2O4/c1-15-22(16(2)32(4)23(15)26(36)37-5)24(34)17(3)33(14-18-6-12-21(28)13-7-18)25(35)19-8-10-20(11-9-19)27(29,30)31/h6-13,17H,14H2,1-5H3/t17-/m1/s1. The Hall–Kier alpha value is -3.95. The van der Waals surface area contributed by atoms with Gasteiger partial charge < -0.3 is 14.2 Å². The molecule has 196 valence electrons. The molecule has 0 spiro atoms. The van der Waals surface area contributed by atoms with E-state index in [2.05, 4.69) is 0 Å². The van der Waals surface area contributed by atoms with Gasteiger partial charge in [0.15, 0.2) is 5.78 Å². The lowest BCUT2D eigenvalue weighted by atomic mass is 9.98. The van der Waals surface area contributed by atoms with E-state index in [1.807, 2.05) is 0 Å². The molecular weight excluding hydrogens is 492 g/mol. The minimum Gasteiger partial charge on any atom is -0.464 e. The molecule has 2 aromatic carbocycles. The molecule has 0 saturated carbocycles. The van der Waals surface area contributed by atoms with Crippen molar-refractivity contribution in [2.24, 2.45) is 7.05 Å². The maximum atomic E-state index is 13.7. The molecule has 0 aliphatic carbocycles. The molecule has 0 unspecified atom stereocenters. The van der Waals surface area contributed by atoms with Crippen LogP contribution in [0.4, 0.5) is 17.6 Å². The van der Waals surface area contributed by atoms with Gasteiger partial charge in [0, 0.05) is 30.4 Å². The number of halogens is 4. The molecule has 0 aliphatic heterocycles. The fraction of sp³-hybridized carbons (Fsp3) is 0.296. The van der Waals surface area contributed by atoms with Crippen LogP contribution in [0.15, 0.2) is 48.5 Å². The average Bonchev–Trinajstić information content (AvgIpc) is 3.09. The lowest BCUT2D eigenvalue weighted by Gasteiger charge is -2.29. The lowest BCUT2D eigenvalue weighted by Crippen LogP contribution is -2.43. The number of aromatic nitrogens is 1. The first-order valence-corrected chi connectivity index (χ1v) is 11.3. The van der Waals surface area contributed by atoms with Crippen molar-refractivity contribution in [3.8, 4) is 0 Å². The summed E-state index contributed by atoms with van der Waals surface area (Å²) in [5, 5.41) is 0. The molecule has 6 nitrogen and oxygen atoms in total. The number of methoxy groups -OCH3 is 1. The second-order valence-electron chi connectivity index (χ2n) is 8.66. The summed E-state index contributed by atoms with van der Waals surface area (Å²) in [5.41, 5.74) is 0.842. The number of ether oxygens (including phenoxy) is 1. The van der Waals surface area contributed by atoms with Crippen LogP contribution in [0.25, 0.3) is 0 Å². The van der Waals surface area contributed by atoms with Crippen LogP contribution < -0.4 is 0 Å². The molecule has 3 aromatic rings. The zero-order valence-electron chi connectivity index (χ0n) is 20.9. The summed E-state index contributed by atoms with van der Waals surface area (Å²) in [6.45, 7) is 4.64. The molecule has 0 fully saturated rings. The monoisotopic (exact) mass is 518 g/mol. The lowest BCUT2D eigenvalue weighted by molar-refractivity contribution is -0.137. The Morgan fingerprint density at radius 2 is 1.57 bits per heavy atom. The molecular formula is C27H26F4N2O4. The third-order valence-electron chi connectivity index (χ3n) is 6.39. The van der Waals surface area contributed by atoms with Gasteiger partial charge >= 0.3 is 12.1 Å². The van der Waals surface area contributed by atoms with Crippen molar-refractivity contribution in [1.82, 2.24) is 9.47 Å². The number of ketones is 1. The minimum atomic E-state index is -4.57. The molecule has 10 heteroatoms. The number of rotatable bonds is 7. The second kappa shape index (κ2) is 10.6. The number of hydrogen-bond donors (Lipinski definition) is 0. The third-order valence-corrected chi connectivity index (χ3v) is 6.39. The topological polar surface area (TPSA) is 68.6 Å². The molecule has 0 saturated heterocycles. The van der Waals surface area contributed by atoms with Crippen molar-refractivity contribution < 1.29 is 36.7 Å². The normalized spacial score (nSPS) is 12.2. The van der Waals surface area contributed by atoms with E-state index in [0.29, 0.717) is 16.8 Å². The fourth-order valence-electron chi connectivity index (χ4n) is 4.22. The van der Waals surface area contributed by atoms with Gasteiger partial charge in [-0.25, -0.2) is 9.18 Å². The smallest absolute Gasteiger partial charge is 0.416 e. The first-order valence-electron chi connectivity index (χ1n) is 11.3. The number of Topliss-reactive ketones (excluding diaryl/α,β-unsaturated/α-hetero) is 1. The summed E-state index contributed by atoms with van der Waals surface area (Å²) < 4.78 is 58.8. The summed E-state index contributed by atoms with van der Waals surface area (Å²) in [6.07, 6.45) is -4.57. The van der Waals surface area contributed by atoms with Crippen LogP contribution in [-0.2, 0) is 24.5 Å². The second-order valence-corrected chi connectivity index (χ2v) is 8.66. The van der Waals surface area contributed by atoms with Crippen LogP contribution in [0, 0.1) is 19.7 Å². The summed E-state index contributed by atoms with van der Waals surface area (Å²) in [6, 6.07) is 7.93. The van der Waals surface area contributed by atoms with E-state index in [1.54, 1.807) is 20.9 Å². The average molecular weight is 519 g/mol. The van der Waals surface area contributed by atoms with Gasteiger partial charge in [-0.2, -0.15) is 13.2 Å². The molecule has 37 heavy (non-hydrogen) atoms. The van der Waals surface area contributed by atoms with E-state index in [4.69, 9.17) is 4.74 Å². The van der Waals surface area contributed by atoms with Gasteiger partial charge in [0.05, 0.1) is 18.7 Å². The van der Waals surface area contributed by atoms with E-state index in [0.717, 1.165) is 24.3 Å². The molecule has 0 radical (unpaired) electrons. The van der Waals surface area contributed by atoms with Crippen LogP contribution in [0.3, 0.4) is 0 Å². The van der Waals surface area contributed by atoms with Crippen molar-refractivity contribution in [1.29, 1.82) is 0 Å². The molecule has 0 aliphatic rings. The zero-order chi connectivity index (χ0) is 27.7. The van der Waals surface area contributed by atoms with Gasteiger partial charge in [-0.3, -0.25) is 9.59 Å². The Morgan fingerprint density at radius 1 is 1.00 bits per heavy atom. The number of amides is 1. The van der Waals surface area contributed by atoms with Crippen molar-refractivity contribution in [2.45, 2.75) is 39.5 Å². The quantitative estimate of drug-likeness (QED) is 0.235. The van der Waals surface area contributed by atoms with E-state index in [1.165, 1.54) is 47.8 Å². The molecule has 0 bridgehead atoms. The highest BCUT2D eigenvalue weighted by Crippen LogP contribution is 2.30. The zero-order valence-corrected chi connectivity index (χ0v) is 20.9. The summed E-state index contributed by atoms with van der Waals surface area (Å²) in [4.78, 5) is 40.7. The molecule has 1 aromatic heterocycles. The first kappa shape index (κ1) is 27.6. The highest BCUT2D eigenvalue weighted by Gasteiger charge is 2.34. The van der Waals surface area contributed by atoms with E-state index >= 15 is 0 Å². The number of hydrogen-bond acceptors (Lipinski definition) is 4. The number of esters is 1.